The van der Waals surface area contributed by atoms with Crippen LogP contribution >= 0.6 is 11.3 Å². The first-order chi connectivity index (χ1) is 12.0. The van der Waals surface area contributed by atoms with E-state index in [4.69, 9.17) is 4.74 Å². The van der Waals surface area contributed by atoms with E-state index in [1.807, 2.05) is 25.3 Å². The van der Waals surface area contributed by atoms with Gasteiger partial charge in [0.1, 0.15) is 0 Å². The fourth-order valence-electron chi connectivity index (χ4n) is 2.98. The quantitative estimate of drug-likeness (QED) is 0.601. The Bertz CT molecular complexity index is 829. The summed E-state index contributed by atoms with van der Waals surface area (Å²) in [5, 5.41) is 1.85. The summed E-state index contributed by atoms with van der Waals surface area (Å²) in [6.45, 7) is 4.50. The van der Waals surface area contributed by atoms with Gasteiger partial charge < -0.3 is 9.64 Å². The maximum absolute atomic E-state index is 14.7. The highest BCUT2D eigenvalue weighted by Gasteiger charge is 2.28. The first kappa shape index (κ1) is 17.6. The van der Waals surface area contributed by atoms with Gasteiger partial charge in [0.05, 0.1) is 28.3 Å². The summed E-state index contributed by atoms with van der Waals surface area (Å²) in [6, 6.07) is 4.93. The minimum atomic E-state index is -1.04. The molecule has 0 spiro atoms. The molecule has 0 aliphatic carbocycles. The molecule has 2 unspecified atom stereocenters. The monoisotopic (exact) mass is 361 g/mol. The van der Waals surface area contributed by atoms with E-state index in [-0.39, 0.29) is 29.0 Å². The molecule has 2 aromatic rings. The number of hydrogen-bond acceptors (Lipinski definition) is 4. The Morgan fingerprint density at radius 1 is 1.24 bits per heavy atom. The van der Waals surface area contributed by atoms with E-state index in [0.29, 0.717) is 19.4 Å². The Kier molecular flexibility index (Phi) is 5.16. The zero-order valence-corrected chi connectivity index (χ0v) is 14.7. The van der Waals surface area contributed by atoms with Gasteiger partial charge >= 0.3 is 0 Å². The molecule has 1 fully saturated rings. The number of nitrogens with zero attached hydrogens (tertiary/aromatic N) is 1. The Morgan fingerprint density at radius 3 is 2.56 bits per heavy atom. The fourth-order valence-corrected chi connectivity index (χ4v) is 3.55. The second-order valence-electron chi connectivity index (χ2n) is 6.00. The topological polar surface area (TPSA) is 29.5 Å². The number of ether oxygens (including phenoxy) is 1. The average molecular weight is 361 g/mol. The number of benzene rings is 1. The highest BCUT2D eigenvalue weighted by molar-refractivity contribution is 7.10. The number of rotatable bonds is 2. The fraction of sp³-hybridized carbons (Fsp3) is 0.316. The van der Waals surface area contributed by atoms with Gasteiger partial charge in [-0.15, -0.1) is 11.3 Å². The molecule has 6 heteroatoms. The number of carbonyl (C=O) groups excluding carboxylic acids is 1. The molecule has 0 radical (unpaired) electrons. The number of aldehydes is 1. The van der Waals surface area contributed by atoms with Crippen molar-refractivity contribution in [2.45, 2.75) is 26.1 Å². The van der Waals surface area contributed by atoms with Crippen LogP contribution < -0.4 is 4.90 Å². The van der Waals surface area contributed by atoms with E-state index in [0.717, 1.165) is 4.88 Å². The Labute approximate surface area is 149 Å². The van der Waals surface area contributed by atoms with Gasteiger partial charge in [0.15, 0.2) is 17.9 Å². The van der Waals surface area contributed by atoms with Crippen molar-refractivity contribution >= 4 is 23.3 Å². The van der Waals surface area contributed by atoms with Crippen LogP contribution in [0.5, 0.6) is 0 Å². The summed E-state index contributed by atoms with van der Waals surface area (Å²) in [5.74, 6) is 3.34. The number of hydrogen-bond donors (Lipinski definition) is 0. The van der Waals surface area contributed by atoms with Crippen LogP contribution in [0.2, 0.25) is 0 Å². The average Bonchev–Trinajstić information content (AvgIpc) is 3.08. The van der Waals surface area contributed by atoms with E-state index >= 15 is 0 Å². The van der Waals surface area contributed by atoms with Gasteiger partial charge in [-0.3, -0.25) is 4.79 Å². The second kappa shape index (κ2) is 7.34. The van der Waals surface area contributed by atoms with Crippen molar-refractivity contribution in [1.29, 1.82) is 0 Å². The Hall–Kier alpha value is -2.23. The van der Waals surface area contributed by atoms with Gasteiger partial charge in [-0.2, -0.15) is 0 Å². The zero-order chi connectivity index (χ0) is 18.0. The predicted molar refractivity (Wildman–Crippen MR) is 94.3 cm³/mol. The molecule has 3 nitrogen and oxygen atoms in total. The maximum Gasteiger partial charge on any atom is 0.184 e. The van der Waals surface area contributed by atoms with E-state index in [1.165, 1.54) is 17.4 Å². The summed E-state index contributed by atoms with van der Waals surface area (Å²) >= 11 is 1.41. The van der Waals surface area contributed by atoms with Gasteiger partial charge in [0.25, 0.3) is 0 Å². The molecule has 2 heterocycles. The molecule has 0 bridgehead atoms. The lowest BCUT2D eigenvalue weighted by Gasteiger charge is -2.37. The van der Waals surface area contributed by atoms with Crippen LogP contribution in [0.1, 0.15) is 34.6 Å². The summed E-state index contributed by atoms with van der Waals surface area (Å²) in [4.78, 5) is 13.9. The van der Waals surface area contributed by atoms with E-state index in [9.17, 15) is 13.6 Å². The SMILES string of the molecule is CC1CN(c2c(C=O)cc(C#Cc3cccs3)c(F)c2F)CC(C)O1. The van der Waals surface area contributed by atoms with Crippen LogP contribution in [0.4, 0.5) is 14.5 Å². The molecule has 1 aromatic heterocycles. The molecular formula is C19H17F2NO2S. The van der Waals surface area contributed by atoms with Crippen molar-refractivity contribution in [3.63, 3.8) is 0 Å². The van der Waals surface area contributed by atoms with E-state index in [2.05, 4.69) is 11.8 Å². The third kappa shape index (κ3) is 3.73. The molecule has 0 N–H and O–H groups in total. The molecule has 1 aromatic carbocycles. The smallest absolute Gasteiger partial charge is 0.184 e. The summed E-state index contributed by atoms with van der Waals surface area (Å²) < 4.78 is 34.9. The van der Waals surface area contributed by atoms with Gasteiger partial charge in [-0.05, 0) is 31.4 Å². The Balaban J connectivity index is 2.03. The van der Waals surface area contributed by atoms with E-state index < -0.39 is 11.6 Å². The number of anilines is 1. The molecule has 0 saturated carbocycles. The molecule has 2 atom stereocenters. The van der Waals surface area contributed by atoms with Crippen molar-refractivity contribution in [3.8, 4) is 11.8 Å². The van der Waals surface area contributed by atoms with Crippen LogP contribution in [-0.4, -0.2) is 31.6 Å². The lowest BCUT2D eigenvalue weighted by Crippen LogP contribution is -2.46. The van der Waals surface area contributed by atoms with Crippen molar-refractivity contribution in [3.05, 3.63) is 51.2 Å². The van der Waals surface area contributed by atoms with Crippen molar-refractivity contribution in [2.75, 3.05) is 18.0 Å². The molecule has 1 aliphatic rings. The lowest BCUT2D eigenvalue weighted by atomic mass is 10.1. The van der Waals surface area contributed by atoms with Gasteiger partial charge in [-0.1, -0.05) is 17.9 Å². The molecule has 25 heavy (non-hydrogen) atoms. The van der Waals surface area contributed by atoms with Crippen molar-refractivity contribution in [2.24, 2.45) is 0 Å². The Morgan fingerprint density at radius 2 is 1.96 bits per heavy atom. The number of thiophene rings is 1. The summed E-state index contributed by atoms with van der Waals surface area (Å²) in [6.07, 6.45) is 0.270. The largest absolute Gasteiger partial charge is 0.372 e. The third-order valence-electron chi connectivity index (χ3n) is 3.91. The van der Waals surface area contributed by atoms with Crippen LogP contribution in [0, 0.1) is 23.5 Å². The van der Waals surface area contributed by atoms with Crippen LogP contribution in [0.3, 0.4) is 0 Å². The summed E-state index contributed by atoms with van der Waals surface area (Å²) in [5.41, 5.74) is -0.0436. The van der Waals surface area contributed by atoms with Crippen LogP contribution in [0.15, 0.2) is 23.6 Å². The van der Waals surface area contributed by atoms with Crippen molar-refractivity contribution < 1.29 is 18.3 Å². The summed E-state index contributed by atoms with van der Waals surface area (Å²) in [7, 11) is 0. The predicted octanol–water partition coefficient (Wildman–Crippen LogP) is 3.85. The van der Waals surface area contributed by atoms with Gasteiger partial charge in [0, 0.05) is 18.7 Å². The van der Waals surface area contributed by atoms with Crippen molar-refractivity contribution in [1.82, 2.24) is 0 Å². The number of morpholine rings is 1. The second-order valence-corrected chi connectivity index (χ2v) is 6.95. The van der Waals surface area contributed by atoms with Gasteiger partial charge in [0.2, 0.25) is 0 Å². The standard InChI is InChI=1S/C19H17F2NO2S/c1-12-9-22(10-13(2)24-12)19-15(11-23)8-14(17(20)18(19)21)5-6-16-4-3-7-25-16/h3-4,7-8,11-13H,9-10H2,1-2H3. The zero-order valence-electron chi connectivity index (χ0n) is 13.9. The molecular weight excluding hydrogens is 344 g/mol. The first-order valence-electron chi connectivity index (χ1n) is 7.92. The van der Waals surface area contributed by atoms with E-state index in [1.54, 1.807) is 11.0 Å². The molecule has 1 aliphatic heterocycles. The highest BCUT2D eigenvalue weighted by atomic mass is 32.1. The minimum absolute atomic E-state index is 0.0174. The van der Waals surface area contributed by atoms with Crippen LogP contribution in [-0.2, 0) is 4.74 Å². The number of halogens is 2. The first-order valence-corrected chi connectivity index (χ1v) is 8.80. The molecule has 3 rings (SSSR count). The maximum atomic E-state index is 14.7. The highest BCUT2D eigenvalue weighted by Crippen LogP contribution is 2.30. The third-order valence-corrected chi connectivity index (χ3v) is 4.70. The van der Waals surface area contributed by atoms with Crippen LogP contribution in [0.25, 0.3) is 0 Å². The molecule has 130 valence electrons. The minimum Gasteiger partial charge on any atom is -0.372 e. The molecule has 1 saturated heterocycles. The normalized spacial score (nSPS) is 20.1. The van der Waals surface area contributed by atoms with Gasteiger partial charge in [-0.25, -0.2) is 8.78 Å². The lowest BCUT2D eigenvalue weighted by molar-refractivity contribution is -0.00547. The molecule has 0 amide bonds. The number of carbonyl (C=O) groups is 1.